The van der Waals surface area contributed by atoms with Gasteiger partial charge in [0.05, 0.1) is 18.5 Å². The molecule has 1 aromatic carbocycles. The highest BCUT2D eigenvalue weighted by atomic mass is 16.3. The number of nitrogens with zero attached hydrogens (tertiary/aromatic N) is 1. The Balaban J connectivity index is 1.98. The summed E-state index contributed by atoms with van der Waals surface area (Å²) in [5.74, 6) is 0.895. The van der Waals surface area contributed by atoms with E-state index in [2.05, 4.69) is 24.4 Å². The Hall–Kier alpha value is -1.70. The number of hydrogen-bond donors (Lipinski definition) is 0. The zero-order valence-corrected chi connectivity index (χ0v) is 8.10. The van der Waals surface area contributed by atoms with Crippen LogP contribution in [0.25, 0.3) is 0 Å². The first-order valence-electron chi connectivity index (χ1n) is 4.61. The van der Waals surface area contributed by atoms with E-state index in [0.29, 0.717) is 6.54 Å². The van der Waals surface area contributed by atoms with E-state index in [1.807, 2.05) is 24.3 Å². The summed E-state index contributed by atoms with van der Waals surface area (Å²) in [5.41, 5.74) is 2.23. The van der Waals surface area contributed by atoms with Gasteiger partial charge < -0.3 is 4.42 Å². The summed E-state index contributed by atoms with van der Waals surface area (Å²) in [4.78, 5) is 0. The van der Waals surface area contributed by atoms with Gasteiger partial charge >= 0.3 is 0 Å². The molecule has 1 heterocycles. The summed E-state index contributed by atoms with van der Waals surface area (Å²) in [5, 5.41) is 4.42. The van der Waals surface area contributed by atoms with E-state index < -0.39 is 0 Å². The van der Waals surface area contributed by atoms with Crippen LogP contribution in [-0.2, 0) is 6.54 Å². The fourth-order valence-electron chi connectivity index (χ4n) is 1.30. The molecule has 2 heteroatoms. The van der Waals surface area contributed by atoms with Crippen LogP contribution in [0, 0.1) is 6.92 Å². The lowest BCUT2D eigenvalue weighted by Crippen LogP contribution is -1.96. The van der Waals surface area contributed by atoms with Crippen molar-refractivity contribution in [2.75, 3.05) is 0 Å². The van der Waals surface area contributed by atoms with Crippen molar-refractivity contribution in [2.45, 2.75) is 13.5 Å². The van der Waals surface area contributed by atoms with E-state index in [-0.39, 0.29) is 0 Å². The molecule has 71 valence electrons. The van der Waals surface area contributed by atoms with Gasteiger partial charge in [0.1, 0.15) is 5.76 Å². The Morgan fingerprint density at radius 1 is 1.21 bits per heavy atom. The van der Waals surface area contributed by atoms with Gasteiger partial charge in [-0.25, -0.2) is 0 Å². The second-order valence-electron chi connectivity index (χ2n) is 3.23. The molecule has 0 fully saturated rings. The monoisotopic (exact) mass is 186 g/mol. The van der Waals surface area contributed by atoms with Crippen LogP contribution >= 0.6 is 0 Å². The van der Waals surface area contributed by atoms with Crippen molar-refractivity contribution in [3.63, 3.8) is 0 Å². The molecule has 1 radical (unpaired) electrons. The first-order valence-corrected chi connectivity index (χ1v) is 4.61. The second kappa shape index (κ2) is 4.01. The van der Waals surface area contributed by atoms with E-state index in [1.165, 1.54) is 5.56 Å². The van der Waals surface area contributed by atoms with Crippen LogP contribution in [0.3, 0.4) is 0 Å². The zero-order valence-electron chi connectivity index (χ0n) is 8.10. The highest BCUT2D eigenvalue weighted by Gasteiger charge is 1.97. The van der Waals surface area contributed by atoms with Crippen LogP contribution in [0.1, 0.15) is 11.3 Å². The standard InChI is InChI=1S/C12H12NO/c1-10-4-2-5-11(8-10)13-9-12-6-3-7-14-12/h2-8H,9H2,1H3. The normalized spacial score (nSPS) is 10.1. The maximum atomic E-state index is 5.19. The third-order valence-electron chi connectivity index (χ3n) is 2.00. The number of benzene rings is 1. The lowest BCUT2D eigenvalue weighted by molar-refractivity contribution is 0.499. The van der Waals surface area contributed by atoms with Crippen molar-refractivity contribution in [1.82, 2.24) is 5.32 Å². The molecule has 0 N–H and O–H groups in total. The van der Waals surface area contributed by atoms with Gasteiger partial charge in [-0.15, -0.1) is 0 Å². The fourth-order valence-corrected chi connectivity index (χ4v) is 1.30. The molecular weight excluding hydrogens is 174 g/mol. The van der Waals surface area contributed by atoms with Crippen LogP contribution in [0.5, 0.6) is 0 Å². The van der Waals surface area contributed by atoms with Gasteiger partial charge in [0.25, 0.3) is 0 Å². The van der Waals surface area contributed by atoms with Crippen LogP contribution in [0.4, 0.5) is 5.69 Å². The van der Waals surface area contributed by atoms with Gasteiger partial charge in [-0.3, -0.25) is 5.32 Å². The quantitative estimate of drug-likeness (QED) is 0.723. The molecule has 0 saturated heterocycles. The lowest BCUT2D eigenvalue weighted by atomic mass is 10.2. The third kappa shape index (κ3) is 2.16. The highest BCUT2D eigenvalue weighted by molar-refractivity contribution is 5.38. The fraction of sp³-hybridized carbons (Fsp3) is 0.167. The summed E-state index contributed by atoms with van der Waals surface area (Å²) < 4.78 is 5.19. The van der Waals surface area contributed by atoms with E-state index >= 15 is 0 Å². The molecule has 0 spiro atoms. The maximum Gasteiger partial charge on any atom is 0.125 e. The van der Waals surface area contributed by atoms with Gasteiger partial charge in [0.2, 0.25) is 0 Å². The predicted molar refractivity (Wildman–Crippen MR) is 55.4 cm³/mol. The Morgan fingerprint density at radius 2 is 2.14 bits per heavy atom. The molecule has 0 unspecified atom stereocenters. The molecule has 1 aromatic heterocycles. The molecule has 0 atom stereocenters. The van der Waals surface area contributed by atoms with Crippen molar-refractivity contribution >= 4 is 5.69 Å². The molecule has 2 rings (SSSR count). The first kappa shape index (κ1) is 8.88. The molecule has 14 heavy (non-hydrogen) atoms. The average molecular weight is 186 g/mol. The maximum absolute atomic E-state index is 5.19. The number of hydrogen-bond acceptors (Lipinski definition) is 1. The molecule has 0 aliphatic rings. The van der Waals surface area contributed by atoms with Gasteiger partial charge in [-0.1, -0.05) is 12.1 Å². The Kier molecular flexibility index (Phi) is 2.54. The van der Waals surface area contributed by atoms with Crippen molar-refractivity contribution in [3.8, 4) is 0 Å². The first-order chi connectivity index (χ1) is 6.84. The number of rotatable bonds is 3. The number of aryl methyl sites for hydroxylation is 1. The molecule has 0 saturated carbocycles. The Bertz CT molecular complexity index is 392. The van der Waals surface area contributed by atoms with Crippen LogP contribution in [0.2, 0.25) is 0 Å². The van der Waals surface area contributed by atoms with Gasteiger partial charge in [-0.2, -0.15) is 0 Å². The minimum Gasteiger partial charge on any atom is -0.467 e. The van der Waals surface area contributed by atoms with Crippen molar-refractivity contribution in [2.24, 2.45) is 0 Å². The van der Waals surface area contributed by atoms with Gasteiger partial charge in [0, 0.05) is 0 Å². The minimum atomic E-state index is 0.608. The van der Waals surface area contributed by atoms with E-state index in [0.717, 1.165) is 11.4 Å². The van der Waals surface area contributed by atoms with E-state index in [1.54, 1.807) is 6.26 Å². The molecular formula is C12H12NO. The van der Waals surface area contributed by atoms with E-state index in [4.69, 9.17) is 4.42 Å². The summed E-state index contributed by atoms with van der Waals surface area (Å²) in [6, 6.07) is 11.9. The van der Waals surface area contributed by atoms with Gasteiger partial charge in [-0.05, 0) is 36.8 Å². The highest BCUT2D eigenvalue weighted by Crippen LogP contribution is 2.11. The van der Waals surface area contributed by atoms with E-state index in [9.17, 15) is 0 Å². The molecule has 0 bridgehead atoms. The smallest absolute Gasteiger partial charge is 0.125 e. The SMILES string of the molecule is Cc1cccc([N]Cc2ccco2)c1. The summed E-state index contributed by atoms with van der Waals surface area (Å²) in [6.45, 7) is 2.67. The predicted octanol–water partition coefficient (Wildman–Crippen LogP) is 3.02. The molecule has 0 aliphatic carbocycles. The van der Waals surface area contributed by atoms with Crippen LogP contribution in [0.15, 0.2) is 47.1 Å². The third-order valence-corrected chi connectivity index (χ3v) is 2.00. The van der Waals surface area contributed by atoms with Crippen molar-refractivity contribution in [1.29, 1.82) is 0 Å². The molecule has 2 aromatic rings. The second-order valence-corrected chi connectivity index (χ2v) is 3.23. The van der Waals surface area contributed by atoms with Crippen molar-refractivity contribution < 1.29 is 4.42 Å². The largest absolute Gasteiger partial charge is 0.467 e. The van der Waals surface area contributed by atoms with Gasteiger partial charge in [0.15, 0.2) is 0 Å². The van der Waals surface area contributed by atoms with Crippen molar-refractivity contribution in [3.05, 3.63) is 54.0 Å². The average Bonchev–Trinajstić information content (AvgIpc) is 2.67. The molecule has 0 amide bonds. The molecule has 0 aliphatic heterocycles. The minimum absolute atomic E-state index is 0.608. The topological polar surface area (TPSA) is 27.2 Å². The Labute approximate surface area is 83.6 Å². The Morgan fingerprint density at radius 3 is 2.86 bits per heavy atom. The summed E-state index contributed by atoms with van der Waals surface area (Å²) in [6.07, 6.45) is 1.67. The zero-order chi connectivity index (χ0) is 9.80. The molecule has 2 nitrogen and oxygen atoms in total. The van der Waals surface area contributed by atoms with Crippen LogP contribution < -0.4 is 5.32 Å². The summed E-state index contributed by atoms with van der Waals surface area (Å²) in [7, 11) is 0. The lowest BCUT2D eigenvalue weighted by Gasteiger charge is -2.01. The summed E-state index contributed by atoms with van der Waals surface area (Å²) >= 11 is 0. The number of furan rings is 1. The van der Waals surface area contributed by atoms with Crippen LogP contribution in [-0.4, -0.2) is 0 Å².